The molecule has 0 bridgehead atoms. The van der Waals surface area contributed by atoms with E-state index < -0.39 is 0 Å². The first-order valence-corrected chi connectivity index (χ1v) is 7.10. The highest BCUT2D eigenvalue weighted by Crippen LogP contribution is 2.23. The number of anilines is 1. The molecule has 23 heavy (non-hydrogen) atoms. The number of aliphatic hydroxyl groups is 1. The highest BCUT2D eigenvalue weighted by molar-refractivity contribution is 5.61. The van der Waals surface area contributed by atoms with Crippen LogP contribution in [0.25, 0.3) is 11.3 Å². The summed E-state index contributed by atoms with van der Waals surface area (Å²) in [6.07, 6.45) is 5.00. The Morgan fingerprint density at radius 3 is 2.43 bits per heavy atom. The highest BCUT2D eigenvalue weighted by Gasteiger charge is 2.08. The third-order valence-electron chi connectivity index (χ3n) is 3.32. The predicted octanol–water partition coefficient (Wildman–Crippen LogP) is 2.19. The summed E-state index contributed by atoms with van der Waals surface area (Å²) in [5.74, 6) is 0.542. The second-order valence-electron chi connectivity index (χ2n) is 4.94. The minimum atomic E-state index is 0.00793. The van der Waals surface area contributed by atoms with Gasteiger partial charge < -0.3 is 15.6 Å². The second kappa shape index (κ2) is 6.85. The Hall–Kier alpha value is -2.99. The van der Waals surface area contributed by atoms with Gasteiger partial charge in [-0.1, -0.05) is 24.3 Å². The number of nitrogen functional groups attached to an aromatic ring is 1. The lowest BCUT2D eigenvalue weighted by Gasteiger charge is -2.09. The fraction of sp³-hybridized carbons (Fsp3) is 0.118. The molecule has 3 rings (SSSR count). The van der Waals surface area contributed by atoms with Gasteiger partial charge in [-0.3, -0.25) is 4.98 Å². The average Bonchev–Trinajstić information content (AvgIpc) is 2.62. The van der Waals surface area contributed by atoms with Crippen LogP contribution in [0.15, 0.2) is 55.0 Å². The highest BCUT2D eigenvalue weighted by atomic mass is 16.5. The first kappa shape index (κ1) is 14.9. The Morgan fingerprint density at radius 1 is 1.00 bits per heavy atom. The van der Waals surface area contributed by atoms with Gasteiger partial charge in [0.15, 0.2) is 5.82 Å². The molecule has 3 N–H and O–H groups in total. The number of hydrogen-bond acceptors (Lipinski definition) is 6. The first-order chi connectivity index (χ1) is 11.3. The number of aromatic nitrogens is 3. The van der Waals surface area contributed by atoms with Crippen LogP contribution in [0.4, 0.5) is 5.82 Å². The van der Waals surface area contributed by atoms with E-state index in [0.29, 0.717) is 18.2 Å². The number of aliphatic hydroxyl groups excluding tert-OH is 1. The molecular weight excluding hydrogens is 292 g/mol. The lowest BCUT2D eigenvalue weighted by atomic mass is 10.1. The fourth-order valence-electron chi connectivity index (χ4n) is 2.04. The van der Waals surface area contributed by atoms with E-state index in [-0.39, 0.29) is 12.4 Å². The zero-order valence-electron chi connectivity index (χ0n) is 12.4. The lowest BCUT2D eigenvalue weighted by molar-refractivity contribution is 0.282. The van der Waals surface area contributed by atoms with Crippen molar-refractivity contribution in [1.29, 1.82) is 0 Å². The van der Waals surface area contributed by atoms with Crippen molar-refractivity contribution in [3.8, 4) is 17.1 Å². The van der Waals surface area contributed by atoms with E-state index in [1.54, 1.807) is 18.6 Å². The molecule has 0 amide bonds. The molecule has 1 aromatic carbocycles. The molecule has 0 fully saturated rings. The van der Waals surface area contributed by atoms with Gasteiger partial charge in [0.2, 0.25) is 0 Å². The number of nitrogens with two attached hydrogens (primary N) is 1. The van der Waals surface area contributed by atoms with Gasteiger partial charge in [0.25, 0.3) is 5.88 Å². The van der Waals surface area contributed by atoms with Crippen LogP contribution in [0.2, 0.25) is 0 Å². The Bertz CT molecular complexity index is 776. The van der Waals surface area contributed by atoms with Crippen molar-refractivity contribution in [3.63, 3.8) is 0 Å². The van der Waals surface area contributed by atoms with Crippen LogP contribution in [0.1, 0.15) is 11.1 Å². The van der Waals surface area contributed by atoms with E-state index in [1.165, 1.54) is 0 Å². The van der Waals surface area contributed by atoms with Crippen molar-refractivity contribution in [2.75, 3.05) is 5.73 Å². The molecule has 6 heteroatoms. The largest absolute Gasteiger partial charge is 0.470 e. The Balaban J connectivity index is 1.80. The molecule has 2 aromatic heterocycles. The molecule has 0 radical (unpaired) electrons. The molecule has 0 saturated heterocycles. The molecule has 0 spiro atoms. The molecule has 3 aromatic rings. The third-order valence-corrected chi connectivity index (χ3v) is 3.32. The number of ether oxygens (including phenoxy) is 1. The number of benzene rings is 1. The molecule has 116 valence electrons. The minimum absolute atomic E-state index is 0.00793. The molecule has 0 unspecified atom stereocenters. The summed E-state index contributed by atoms with van der Waals surface area (Å²) >= 11 is 0. The molecule has 0 aliphatic carbocycles. The van der Waals surface area contributed by atoms with E-state index >= 15 is 0 Å². The summed E-state index contributed by atoms with van der Waals surface area (Å²) in [5.41, 5.74) is 9.18. The quantitative estimate of drug-likeness (QED) is 0.750. The number of nitrogens with zero attached hydrogens (tertiary/aromatic N) is 3. The van der Waals surface area contributed by atoms with Gasteiger partial charge in [-0.05, 0) is 23.3 Å². The van der Waals surface area contributed by atoms with Gasteiger partial charge in [-0.15, -0.1) is 0 Å². The number of hydrogen-bond donors (Lipinski definition) is 2. The topological polar surface area (TPSA) is 94.2 Å². The standard InChI is InChI=1S/C17H16N4O2/c18-16-17(23-11-13-5-7-19-8-6-13)21-15(9-20-16)14-3-1-12(10-22)2-4-14/h1-9,22H,10-11H2,(H2,18,20). The van der Waals surface area contributed by atoms with Crippen molar-refractivity contribution in [2.45, 2.75) is 13.2 Å². The van der Waals surface area contributed by atoms with E-state index in [0.717, 1.165) is 16.7 Å². The Morgan fingerprint density at radius 2 is 1.74 bits per heavy atom. The third kappa shape index (κ3) is 3.61. The monoisotopic (exact) mass is 308 g/mol. The SMILES string of the molecule is Nc1ncc(-c2ccc(CO)cc2)nc1OCc1ccncc1. The molecule has 6 nitrogen and oxygen atoms in total. The Kier molecular flexibility index (Phi) is 4.44. The summed E-state index contributed by atoms with van der Waals surface area (Å²) in [5, 5.41) is 9.09. The maximum atomic E-state index is 9.09. The van der Waals surface area contributed by atoms with Crippen LogP contribution in [-0.4, -0.2) is 20.1 Å². The molecule has 2 heterocycles. The maximum absolute atomic E-state index is 9.09. The van der Waals surface area contributed by atoms with E-state index in [1.807, 2.05) is 36.4 Å². The number of rotatable bonds is 5. The van der Waals surface area contributed by atoms with Crippen molar-refractivity contribution in [1.82, 2.24) is 15.0 Å². The summed E-state index contributed by atoms with van der Waals surface area (Å²) in [6.45, 7) is 0.349. The zero-order valence-corrected chi connectivity index (χ0v) is 12.4. The lowest BCUT2D eigenvalue weighted by Crippen LogP contribution is -2.03. The number of pyridine rings is 1. The normalized spacial score (nSPS) is 10.5. The first-order valence-electron chi connectivity index (χ1n) is 7.10. The van der Waals surface area contributed by atoms with Gasteiger partial charge >= 0.3 is 0 Å². The second-order valence-corrected chi connectivity index (χ2v) is 4.94. The summed E-state index contributed by atoms with van der Waals surface area (Å²) < 4.78 is 5.66. The van der Waals surface area contributed by atoms with Crippen LogP contribution in [0.5, 0.6) is 5.88 Å². The van der Waals surface area contributed by atoms with Crippen LogP contribution in [-0.2, 0) is 13.2 Å². The van der Waals surface area contributed by atoms with Gasteiger partial charge in [0, 0.05) is 18.0 Å². The minimum Gasteiger partial charge on any atom is -0.470 e. The maximum Gasteiger partial charge on any atom is 0.258 e. The van der Waals surface area contributed by atoms with Crippen LogP contribution in [0, 0.1) is 0 Å². The van der Waals surface area contributed by atoms with Crippen LogP contribution < -0.4 is 10.5 Å². The smallest absolute Gasteiger partial charge is 0.258 e. The van der Waals surface area contributed by atoms with Gasteiger partial charge in [0.05, 0.1) is 18.5 Å². The zero-order chi connectivity index (χ0) is 16.1. The van der Waals surface area contributed by atoms with Crippen molar-refractivity contribution in [3.05, 3.63) is 66.1 Å². The van der Waals surface area contributed by atoms with Crippen molar-refractivity contribution in [2.24, 2.45) is 0 Å². The van der Waals surface area contributed by atoms with E-state index in [9.17, 15) is 0 Å². The van der Waals surface area contributed by atoms with Crippen molar-refractivity contribution >= 4 is 5.82 Å². The molecule has 0 aliphatic rings. The van der Waals surface area contributed by atoms with Gasteiger partial charge in [0.1, 0.15) is 6.61 Å². The summed E-state index contributed by atoms with van der Waals surface area (Å²) in [4.78, 5) is 12.5. The fourth-order valence-corrected chi connectivity index (χ4v) is 2.04. The van der Waals surface area contributed by atoms with Gasteiger partial charge in [-0.2, -0.15) is 0 Å². The Labute approximate surface area is 133 Å². The molecule has 0 atom stereocenters. The van der Waals surface area contributed by atoms with Crippen LogP contribution in [0.3, 0.4) is 0 Å². The van der Waals surface area contributed by atoms with Crippen molar-refractivity contribution < 1.29 is 9.84 Å². The van der Waals surface area contributed by atoms with Crippen LogP contribution >= 0.6 is 0 Å². The summed E-state index contributed by atoms with van der Waals surface area (Å²) in [7, 11) is 0. The van der Waals surface area contributed by atoms with E-state index in [2.05, 4.69) is 15.0 Å². The molecule has 0 saturated carbocycles. The summed E-state index contributed by atoms with van der Waals surface area (Å²) in [6, 6.07) is 11.1. The molecule has 0 aliphatic heterocycles. The van der Waals surface area contributed by atoms with E-state index in [4.69, 9.17) is 15.6 Å². The van der Waals surface area contributed by atoms with Gasteiger partial charge in [-0.25, -0.2) is 9.97 Å². The average molecular weight is 308 g/mol. The predicted molar refractivity (Wildman–Crippen MR) is 86.4 cm³/mol. The molecular formula is C17H16N4O2.